The van der Waals surface area contributed by atoms with Crippen molar-refractivity contribution in [2.45, 2.75) is 39.7 Å². The van der Waals surface area contributed by atoms with Crippen molar-refractivity contribution in [3.05, 3.63) is 57.4 Å². The molecule has 3 heterocycles. The van der Waals surface area contributed by atoms with Gasteiger partial charge in [-0.3, -0.25) is 9.69 Å². The minimum Gasteiger partial charge on any atom is -0.507 e. The summed E-state index contributed by atoms with van der Waals surface area (Å²) >= 11 is 1.51. The van der Waals surface area contributed by atoms with Gasteiger partial charge in [0.25, 0.3) is 0 Å². The Morgan fingerprint density at radius 2 is 2.00 bits per heavy atom. The number of thiazole rings is 1. The maximum absolute atomic E-state index is 13.6. The Morgan fingerprint density at radius 1 is 1.23 bits per heavy atom. The second-order valence-corrected chi connectivity index (χ2v) is 8.97. The van der Waals surface area contributed by atoms with Gasteiger partial charge in [0.2, 0.25) is 5.43 Å². The van der Waals surface area contributed by atoms with Gasteiger partial charge in [-0.1, -0.05) is 19.1 Å². The van der Waals surface area contributed by atoms with Gasteiger partial charge >= 0.3 is 0 Å². The van der Waals surface area contributed by atoms with Gasteiger partial charge in [-0.15, -0.1) is 11.3 Å². The van der Waals surface area contributed by atoms with Crippen LogP contribution in [0.2, 0.25) is 0 Å². The third kappa shape index (κ3) is 3.11. The van der Waals surface area contributed by atoms with E-state index < -0.39 is 0 Å². The summed E-state index contributed by atoms with van der Waals surface area (Å²) in [7, 11) is 0. The number of aryl methyl sites for hydroxylation is 2. The van der Waals surface area contributed by atoms with Gasteiger partial charge in [0.05, 0.1) is 21.2 Å². The van der Waals surface area contributed by atoms with Crippen LogP contribution in [-0.2, 0) is 13.0 Å². The largest absolute Gasteiger partial charge is 0.507 e. The molecule has 0 aliphatic carbocycles. The van der Waals surface area contributed by atoms with E-state index in [9.17, 15) is 9.90 Å². The highest BCUT2D eigenvalue weighted by atomic mass is 32.1. The summed E-state index contributed by atoms with van der Waals surface area (Å²) in [6.45, 7) is 6.49. The molecule has 1 aliphatic heterocycles. The van der Waals surface area contributed by atoms with E-state index in [1.807, 2.05) is 44.2 Å². The zero-order valence-corrected chi connectivity index (χ0v) is 18.0. The summed E-state index contributed by atoms with van der Waals surface area (Å²) in [5.41, 5.74) is 3.25. The fourth-order valence-electron chi connectivity index (χ4n) is 4.34. The molecule has 0 saturated carbocycles. The van der Waals surface area contributed by atoms with E-state index in [0.717, 1.165) is 28.9 Å². The molecule has 4 aromatic rings. The molecule has 1 N–H and O–H groups in total. The number of hydrogen-bond acceptors (Lipinski definition) is 6. The normalized spacial score (nSPS) is 14.9. The number of benzene rings is 2. The van der Waals surface area contributed by atoms with Crippen LogP contribution >= 0.6 is 11.3 Å². The van der Waals surface area contributed by atoms with E-state index in [-0.39, 0.29) is 11.2 Å². The van der Waals surface area contributed by atoms with Crippen molar-refractivity contribution >= 4 is 32.5 Å². The van der Waals surface area contributed by atoms with Gasteiger partial charge in [0.15, 0.2) is 0 Å². The number of rotatable bonds is 4. The number of para-hydroxylation sites is 1. The van der Waals surface area contributed by atoms with E-state index in [0.29, 0.717) is 45.8 Å². The second kappa shape index (κ2) is 7.52. The Hall–Kier alpha value is -2.70. The average molecular weight is 421 g/mol. The number of phenols is 1. The maximum Gasteiger partial charge on any atom is 0.203 e. The fraction of sp³-hybridized carbons (Fsp3) is 0.333. The lowest BCUT2D eigenvalue weighted by atomic mass is 10.0. The Morgan fingerprint density at radius 3 is 2.73 bits per heavy atom. The van der Waals surface area contributed by atoms with Crippen LogP contribution in [0.4, 0.5) is 0 Å². The molecule has 5 rings (SSSR count). The first kappa shape index (κ1) is 19.3. The highest BCUT2D eigenvalue weighted by molar-refractivity contribution is 7.21. The first-order chi connectivity index (χ1) is 14.6. The van der Waals surface area contributed by atoms with Gasteiger partial charge in [-0.25, -0.2) is 4.98 Å². The number of fused-ring (bicyclic) bond motifs is 2. The van der Waals surface area contributed by atoms with E-state index in [1.54, 1.807) is 0 Å². The zero-order chi connectivity index (χ0) is 20.8. The molecule has 0 bridgehead atoms. The van der Waals surface area contributed by atoms with Crippen molar-refractivity contribution in [1.29, 1.82) is 0 Å². The smallest absolute Gasteiger partial charge is 0.203 e. The molecule has 2 aromatic carbocycles. The number of aromatic hydroxyl groups is 1. The Bertz CT molecular complexity index is 1280. The number of likely N-dealkylation sites (tertiary alicyclic amines) is 1. The van der Waals surface area contributed by atoms with Crippen molar-refractivity contribution in [2.24, 2.45) is 0 Å². The lowest BCUT2D eigenvalue weighted by molar-refractivity contribution is 0.324. The van der Waals surface area contributed by atoms with E-state index >= 15 is 0 Å². The van der Waals surface area contributed by atoms with Crippen LogP contribution in [0.15, 0.2) is 39.5 Å². The van der Waals surface area contributed by atoms with Gasteiger partial charge in [-0.2, -0.15) is 0 Å². The third-order valence-electron chi connectivity index (χ3n) is 5.96. The first-order valence-corrected chi connectivity index (χ1v) is 11.3. The summed E-state index contributed by atoms with van der Waals surface area (Å²) in [6.07, 6.45) is 2.93. The zero-order valence-electron chi connectivity index (χ0n) is 17.2. The molecule has 5 nitrogen and oxygen atoms in total. The molecule has 1 aliphatic rings. The lowest BCUT2D eigenvalue weighted by Gasteiger charge is -2.18. The summed E-state index contributed by atoms with van der Waals surface area (Å²) in [6, 6.07) is 9.72. The molecular weight excluding hydrogens is 396 g/mol. The van der Waals surface area contributed by atoms with Crippen LogP contribution in [0.25, 0.3) is 31.8 Å². The van der Waals surface area contributed by atoms with Crippen LogP contribution in [0.1, 0.15) is 36.7 Å². The number of hydrogen-bond donors (Lipinski definition) is 1. The van der Waals surface area contributed by atoms with E-state index in [1.165, 1.54) is 24.2 Å². The lowest BCUT2D eigenvalue weighted by Crippen LogP contribution is -2.19. The van der Waals surface area contributed by atoms with Crippen molar-refractivity contribution < 1.29 is 9.52 Å². The molecule has 0 spiro atoms. The molecule has 2 aromatic heterocycles. The number of aromatic nitrogens is 1. The molecule has 154 valence electrons. The number of phenolic OH excluding ortho intramolecular Hbond substituents is 1. The molecule has 0 unspecified atom stereocenters. The van der Waals surface area contributed by atoms with Crippen LogP contribution in [0.5, 0.6) is 5.75 Å². The second-order valence-electron chi connectivity index (χ2n) is 7.94. The highest BCUT2D eigenvalue weighted by Crippen LogP contribution is 2.36. The summed E-state index contributed by atoms with van der Waals surface area (Å²) in [5.74, 6) is 0.841. The predicted molar refractivity (Wildman–Crippen MR) is 121 cm³/mol. The van der Waals surface area contributed by atoms with Gasteiger partial charge in [0, 0.05) is 24.1 Å². The summed E-state index contributed by atoms with van der Waals surface area (Å²) < 4.78 is 7.25. The molecule has 1 saturated heterocycles. The van der Waals surface area contributed by atoms with Crippen LogP contribution in [0.3, 0.4) is 0 Å². The molecule has 0 radical (unpaired) electrons. The van der Waals surface area contributed by atoms with E-state index in [2.05, 4.69) is 4.90 Å². The number of nitrogens with zero attached hydrogens (tertiary/aromatic N) is 2. The summed E-state index contributed by atoms with van der Waals surface area (Å²) in [4.78, 5) is 20.7. The molecule has 1 fully saturated rings. The topological polar surface area (TPSA) is 66.6 Å². The Labute approximate surface area is 178 Å². The van der Waals surface area contributed by atoms with Crippen molar-refractivity contribution in [2.75, 3.05) is 13.1 Å². The highest BCUT2D eigenvalue weighted by Gasteiger charge is 2.23. The minimum atomic E-state index is -0.0714. The van der Waals surface area contributed by atoms with Gasteiger partial charge in [-0.05, 0) is 51.1 Å². The quantitative estimate of drug-likeness (QED) is 0.489. The molecule has 6 heteroatoms. The standard InChI is InChI=1S/C24H24N2O3S/c1-3-18-20(24-25-17-8-4-5-9-19(17)30-24)22(28)16-12-15(13-26-10-6-7-11-26)21(27)14(2)23(16)29-18/h4-5,8-9,12,27H,3,6-7,10-11,13H2,1-2H3. The molecular formula is C24H24N2O3S. The SMILES string of the molecule is CCc1oc2c(C)c(O)c(CN3CCCC3)cc2c(=O)c1-c1nc2ccccc2s1. The fourth-order valence-corrected chi connectivity index (χ4v) is 5.37. The minimum absolute atomic E-state index is 0.0714. The molecule has 0 atom stereocenters. The third-order valence-corrected chi connectivity index (χ3v) is 7.01. The monoisotopic (exact) mass is 420 g/mol. The van der Waals surface area contributed by atoms with Crippen LogP contribution in [0, 0.1) is 6.92 Å². The Balaban J connectivity index is 1.73. The summed E-state index contributed by atoms with van der Waals surface area (Å²) in [5, 5.41) is 12.0. The first-order valence-electron chi connectivity index (χ1n) is 10.5. The average Bonchev–Trinajstić information content (AvgIpc) is 3.41. The molecule has 30 heavy (non-hydrogen) atoms. The predicted octanol–water partition coefficient (Wildman–Crippen LogP) is 5.24. The van der Waals surface area contributed by atoms with Crippen LogP contribution < -0.4 is 5.43 Å². The Kier molecular flexibility index (Phi) is 4.83. The van der Waals surface area contributed by atoms with Gasteiger partial charge in [0.1, 0.15) is 22.1 Å². The van der Waals surface area contributed by atoms with Crippen molar-refractivity contribution in [1.82, 2.24) is 9.88 Å². The van der Waals surface area contributed by atoms with E-state index in [4.69, 9.17) is 9.40 Å². The molecule has 0 amide bonds. The van der Waals surface area contributed by atoms with Crippen molar-refractivity contribution in [3.63, 3.8) is 0 Å². The maximum atomic E-state index is 13.6. The van der Waals surface area contributed by atoms with Gasteiger partial charge < -0.3 is 9.52 Å². The van der Waals surface area contributed by atoms with Crippen molar-refractivity contribution in [3.8, 4) is 16.3 Å². The van der Waals surface area contributed by atoms with Crippen LogP contribution in [-0.4, -0.2) is 28.1 Å².